The predicted octanol–water partition coefficient (Wildman–Crippen LogP) is 0.529. The van der Waals surface area contributed by atoms with Crippen LogP contribution in [0.2, 0.25) is 0 Å². The summed E-state index contributed by atoms with van der Waals surface area (Å²) in [6.07, 6.45) is 1.40. The normalized spacial score (nSPS) is 9.82. The standard InChI is InChI=1S/C11H24N2O3.ClH/c1-12-6-5-11(14)13(8-10-16-3)7-4-9-15-2;/h12H,4-10H2,1-3H3;1H. The molecule has 0 aromatic carbocycles. The van der Waals surface area contributed by atoms with Crippen LogP contribution in [0.1, 0.15) is 12.8 Å². The molecule has 0 radical (unpaired) electrons. The Kier molecular flexibility index (Phi) is 15.3. The molecule has 0 aromatic heterocycles. The van der Waals surface area contributed by atoms with Gasteiger partial charge in [-0.1, -0.05) is 0 Å². The average Bonchev–Trinajstić information content (AvgIpc) is 2.30. The summed E-state index contributed by atoms with van der Waals surface area (Å²) in [7, 11) is 5.16. The first-order valence-corrected chi connectivity index (χ1v) is 5.66. The number of halogens is 1. The van der Waals surface area contributed by atoms with Gasteiger partial charge in [0, 0.05) is 46.9 Å². The van der Waals surface area contributed by atoms with E-state index in [2.05, 4.69) is 5.32 Å². The highest BCUT2D eigenvalue weighted by Crippen LogP contribution is 1.97. The molecule has 0 atom stereocenters. The van der Waals surface area contributed by atoms with E-state index >= 15 is 0 Å². The van der Waals surface area contributed by atoms with Crippen LogP contribution in [0.4, 0.5) is 0 Å². The van der Waals surface area contributed by atoms with Gasteiger partial charge >= 0.3 is 0 Å². The molecule has 1 N–H and O–H groups in total. The molecule has 0 heterocycles. The van der Waals surface area contributed by atoms with Crippen LogP contribution >= 0.6 is 12.4 Å². The lowest BCUT2D eigenvalue weighted by Crippen LogP contribution is -2.36. The molecular formula is C11H25ClN2O3. The second-order valence-corrected chi connectivity index (χ2v) is 3.57. The topological polar surface area (TPSA) is 50.8 Å². The average molecular weight is 269 g/mol. The molecule has 0 fully saturated rings. The number of hydrogen-bond donors (Lipinski definition) is 1. The van der Waals surface area contributed by atoms with Gasteiger partial charge in [-0.3, -0.25) is 4.79 Å². The van der Waals surface area contributed by atoms with Crippen molar-refractivity contribution in [3.63, 3.8) is 0 Å². The number of rotatable bonds is 10. The van der Waals surface area contributed by atoms with Crippen LogP contribution < -0.4 is 5.32 Å². The van der Waals surface area contributed by atoms with Crippen LogP contribution in [0.5, 0.6) is 0 Å². The number of nitrogens with one attached hydrogen (secondary N) is 1. The van der Waals surface area contributed by atoms with E-state index in [9.17, 15) is 4.79 Å². The van der Waals surface area contributed by atoms with Crippen molar-refractivity contribution in [1.29, 1.82) is 0 Å². The summed E-state index contributed by atoms with van der Waals surface area (Å²) in [5.74, 6) is 0.169. The van der Waals surface area contributed by atoms with Crippen LogP contribution in [0.15, 0.2) is 0 Å². The summed E-state index contributed by atoms with van der Waals surface area (Å²) >= 11 is 0. The molecule has 0 aliphatic carbocycles. The van der Waals surface area contributed by atoms with Gasteiger partial charge in [-0.05, 0) is 13.5 Å². The van der Waals surface area contributed by atoms with Crippen molar-refractivity contribution in [2.45, 2.75) is 12.8 Å². The molecule has 6 heteroatoms. The van der Waals surface area contributed by atoms with Gasteiger partial charge in [-0.15, -0.1) is 12.4 Å². The summed E-state index contributed by atoms with van der Waals surface area (Å²) in [6, 6.07) is 0. The van der Waals surface area contributed by atoms with Crippen molar-refractivity contribution >= 4 is 18.3 Å². The zero-order chi connectivity index (χ0) is 12.2. The monoisotopic (exact) mass is 268 g/mol. The van der Waals surface area contributed by atoms with E-state index in [-0.39, 0.29) is 18.3 Å². The number of nitrogens with zero attached hydrogens (tertiary/aromatic N) is 1. The van der Waals surface area contributed by atoms with E-state index in [4.69, 9.17) is 9.47 Å². The number of ether oxygens (including phenoxy) is 2. The molecule has 17 heavy (non-hydrogen) atoms. The van der Waals surface area contributed by atoms with Gasteiger partial charge in [0.1, 0.15) is 0 Å². The summed E-state index contributed by atoms with van der Waals surface area (Å²) in [6.45, 7) is 3.37. The van der Waals surface area contributed by atoms with Gasteiger partial charge in [0.05, 0.1) is 6.61 Å². The molecule has 1 amide bonds. The van der Waals surface area contributed by atoms with Crippen molar-refractivity contribution in [2.75, 3.05) is 54.1 Å². The molecule has 0 saturated heterocycles. The molecule has 0 aliphatic heterocycles. The number of methoxy groups -OCH3 is 2. The largest absolute Gasteiger partial charge is 0.385 e. The van der Waals surface area contributed by atoms with Crippen molar-refractivity contribution in [1.82, 2.24) is 10.2 Å². The van der Waals surface area contributed by atoms with Crippen molar-refractivity contribution < 1.29 is 14.3 Å². The highest BCUT2D eigenvalue weighted by molar-refractivity contribution is 5.85. The molecule has 0 rings (SSSR count). The first kappa shape index (κ1) is 19.0. The number of amides is 1. The zero-order valence-corrected chi connectivity index (χ0v) is 11.8. The minimum Gasteiger partial charge on any atom is -0.385 e. The van der Waals surface area contributed by atoms with E-state index in [1.165, 1.54) is 0 Å². The Hall–Kier alpha value is -0.360. The third-order valence-corrected chi connectivity index (χ3v) is 2.28. The first-order chi connectivity index (χ1) is 7.76. The second-order valence-electron chi connectivity index (χ2n) is 3.57. The Morgan fingerprint density at radius 2 is 1.82 bits per heavy atom. The molecule has 0 unspecified atom stereocenters. The van der Waals surface area contributed by atoms with Gasteiger partial charge in [0.25, 0.3) is 0 Å². The molecule has 0 aromatic rings. The highest BCUT2D eigenvalue weighted by atomic mass is 35.5. The lowest BCUT2D eigenvalue weighted by molar-refractivity contribution is -0.131. The maximum Gasteiger partial charge on any atom is 0.223 e. The van der Waals surface area contributed by atoms with E-state index in [0.29, 0.717) is 32.7 Å². The van der Waals surface area contributed by atoms with Crippen LogP contribution in [-0.2, 0) is 14.3 Å². The Morgan fingerprint density at radius 1 is 1.18 bits per heavy atom. The fourth-order valence-electron chi connectivity index (χ4n) is 1.35. The van der Waals surface area contributed by atoms with E-state index in [0.717, 1.165) is 13.0 Å². The third kappa shape index (κ3) is 10.5. The summed E-state index contributed by atoms with van der Waals surface area (Å²) in [5, 5.41) is 2.97. The van der Waals surface area contributed by atoms with Crippen LogP contribution in [0.3, 0.4) is 0 Å². The maximum absolute atomic E-state index is 11.8. The molecule has 0 aliphatic rings. The minimum absolute atomic E-state index is 0. The zero-order valence-electron chi connectivity index (χ0n) is 11.0. The van der Waals surface area contributed by atoms with Crippen LogP contribution in [0, 0.1) is 0 Å². The van der Waals surface area contributed by atoms with E-state index in [1.807, 2.05) is 11.9 Å². The van der Waals surface area contributed by atoms with E-state index in [1.54, 1.807) is 14.2 Å². The fraction of sp³-hybridized carbons (Fsp3) is 0.909. The van der Waals surface area contributed by atoms with Crippen molar-refractivity contribution in [3.05, 3.63) is 0 Å². The highest BCUT2D eigenvalue weighted by Gasteiger charge is 2.11. The van der Waals surface area contributed by atoms with Gasteiger partial charge in [-0.25, -0.2) is 0 Å². The number of carbonyl (C=O) groups excluding carboxylic acids is 1. The fourth-order valence-corrected chi connectivity index (χ4v) is 1.35. The van der Waals surface area contributed by atoms with Crippen LogP contribution in [-0.4, -0.2) is 64.9 Å². The Labute approximate surface area is 110 Å². The van der Waals surface area contributed by atoms with Crippen molar-refractivity contribution in [3.8, 4) is 0 Å². The van der Waals surface area contributed by atoms with Gasteiger partial charge in [0.2, 0.25) is 5.91 Å². The minimum atomic E-state index is 0. The van der Waals surface area contributed by atoms with Crippen LogP contribution in [0.25, 0.3) is 0 Å². The number of hydrogen-bond acceptors (Lipinski definition) is 4. The quantitative estimate of drug-likeness (QED) is 0.587. The van der Waals surface area contributed by atoms with Crippen molar-refractivity contribution in [2.24, 2.45) is 0 Å². The Balaban J connectivity index is 0. The third-order valence-electron chi connectivity index (χ3n) is 2.28. The van der Waals surface area contributed by atoms with E-state index < -0.39 is 0 Å². The molecule has 0 spiro atoms. The van der Waals surface area contributed by atoms with Gasteiger partial charge in [0.15, 0.2) is 0 Å². The summed E-state index contributed by atoms with van der Waals surface area (Å²) in [5.41, 5.74) is 0. The summed E-state index contributed by atoms with van der Waals surface area (Å²) < 4.78 is 9.97. The predicted molar refractivity (Wildman–Crippen MR) is 70.7 cm³/mol. The molecule has 0 bridgehead atoms. The lowest BCUT2D eigenvalue weighted by atomic mass is 10.3. The molecular weight excluding hydrogens is 244 g/mol. The molecule has 0 saturated carbocycles. The molecule has 104 valence electrons. The SMILES string of the molecule is CNCCC(=O)N(CCCOC)CCOC.Cl. The Morgan fingerprint density at radius 3 is 2.35 bits per heavy atom. The van der Waals surface area contributed by atoms with Gasteiger partial charge < -0.3 is 19.7 Å². The van der Waals surface area contributed by atoms with Gasteiger partial charge in [-0.2, -0.15) is 0 Å². The smallest absolute Gasteiger partial charge is 0.223 e. The summed E-state index contributed by atoms with van der Waals surface area (Å²) in [4.78, 5) is 13.6. The second kappa shape index (κ2) is 13.7. The molecule has 5 nitrogen and oxygen atoms in total. The Bertz CT molecular complexity index is 182. The number of carbonyl (C=O) groups is 1. The first-order valence-electron chi connectivity index (χ1n) is 5.66. The lowest BCUT2D eigenvalue weighted by Gasteiger charge is -2.22. The maximum atomic E-state index is 11.8.